The molecule has 2 aromatic rings. The van der Waals surface area contributed by atoms with Crippen LogP contribution in [0.4, 0.5) is 15.8 Å². The van der Waals surface area contributed by atoms with E-state index >= 15 is 0 Å². The van der Waals surface area contributed by atoms with E-state index in [1.165, 1.54) is 18.2 Å². The molecule has 0 aromatic heterocycles. The number of amides is 1. The number of anilines is 2. The monoisotopic (exact) mass is 287 g/mol. The van der Waals surface area contributed by atoms with Gasteiger partial charge in [-0.2, -0.15) is 0 Å². The number of benzene rings is 2. The van der Waals surface area contributed by atoms with Crippen molar-refractivity contribution < 1.29 is 9.18 Å². The third-order valence-corrected chi connectivity index (χ3v) is 3.20. The zero-order valence-corrected chi connectivity index (χ0v) is 12.1. The lowest BCUT2D eigenvalue weighted by molar-refractivity contribution is 0.1000. The molecule has 2 rings (SSSR count). The number of hydrogen-bond donors (Lipinski definition) is 2. The molecule has 21 heavy (non-hydrogen) atoms. The Balaban J connectivity index is 2.09. The van der Waals surface area contributed by atoms with E-state index in [2.05, 4.69) is 5.32 Å². The first kappa shape index (κ1) is 14.8. The van der Waals surface area contributed by atoms with Crippen molar-refractivity contribution in [3.05, 3.63) is 59.4 Å². The molecule has 0 aliphatic rings. The second-order valence-electron chi connectivity index (χ2n) is 4.97. The van der Waals surface area contributed by atoms with Crippen molar-refractivity contribution in [2.45, 2.75) is 6.54 Å². The van der Waals surface area contributed by atoms with E-state index in [1.54, 1.807) is 0 Å². The van der Waals surface area contributed by atoms with Gasteiger partial charge in [-0.25, -0.2) is 4.39 Å². The molecule has 0 radical (unpaired) electrons. The zero-order valence-electron chi connectivity index (χ0n) is 12.1. The first-order valence-corrected chi connectivity index (χ1v) is 6.57. The second kappa shape index (κ2) is 6.26. The van der Waals surface area contributed by atoms with Crippen LogP contribution in [0.1, 0.15) is 15.9 Å². The van der Waals surface area contributed by atoms with Crippen LogP contribution in [-0.4, -0.2) is 20.0 Å². The topological polar surface area (TPSA) is 58.4 Å². The van der Waals surface area contributed by atoms with E-state index in [-0.39, 0.29) is 12.4 Å². The Morgan fingerprint density at radius 2 is 1.86 bits per heavy atom. The lowest BCUT2D eigenvalue weighted by Gasteiger charge is -2.13. The molecule has 4 nitrogen and oxygen atoms in total. The first-order valence-electron chi connectivity index (χ1n) is 6.57. The van der Waals surface area contributed by atoms with E-state index in [1.807, 2.05) is 43.3 Å². The highest BCUT2D eigenvalue weighted by atomic mass is 19.1. The van der Waals surface area contributed by atoms with Gasteiger partial charge < -0.3 is 16.0 Å². The predicted molar refractivity (Wildman–Crippen MR) is 83.0 cm³/mol. The summed E-state index contributed by atoms with van der Waals surface area (Å²) < 4.78 is 13.7. The fraction of sp³-hybridized carbons (Fsp3) is 0.188. The Labute approximate surface area is 123 Å². The van der Waals surface area contributed by atoms with Crippen LogP contribution in [0, 0.1) is 5.82 Å². The van der Waals surface area contributed by atoms with Gasteiger partial charge in [-0.15, -0.1) is 0 Å². The van der Waals surface area contributed by atoms with Gasteiger partial charge in [0, 0.05) is 43.1 Å². The maximum Gasteiger partial charge on any atom is 0.248 e. The van der Waals surface area contributed by atoms with Gasteiger partial charge in [0.05, 0.1) is 0 Å². The van der Waals surface area contributed by atoms with Gasteiger partial charge in [0.1, 0.15) is 5.82 Å². The molecule has 0 saturated carbocycles. The number of primary amides is 1. The molecule has 0 heterocycles. The summed E-state index contributed by atoms with van der Waals surface area (Å²) in [6.45, 7) is 0.286. The van der Waals surface area contributed by atoms with Crippen molar-refractivity contribution in [3.8, 4) is 0 Å². The summed E-state index contributed by atoms with van der Waals surface area (Å²) in [6, 6.07) is 11.9. The molecule has 5 heteroatoms. The van der Waals surface area contributed by atoms with Crippen LogP contribution in [0.25, 0.3) is 0 Å². The van der Waals surface area contributed by atoms with Crippen LogP contribution in [0.3, 0.4) is 0 Å². The largest absolute Gasteiger partial charge is 0.381 e. The van der Waals surface area contributed by atoms with Crippen molar-refractivity contribution in [1.29, 1.82) is 0 Å². The van der Waals surface area contributed by atoms with Gasteiger partial charge in [0.2, 0.25) is 5.91 Å². The van der Waals surface area contributed by atoms with Gasteiger partial charge in [-0.1, -0.05) is 0 Å². The number of carbonyl (C=O) groups is 1. The lowest BCUT2D eigenvalue weighted by atomic mass is 10.1. The summed E-state index contributed by atoms with van der Waals surface area (Å²) >= 11 is 0. The van der Waals surface area contributed by atoms with Crippen molar-refractivity contribution >= 4 is 17.3 Å². The minimum Gasteiger partial charge on any atom is -0.381 e. The Morgan fingerprint density at radius 3 is 2.43 bits per heavy atom. The standard InChI is InChI=1S/C16H18FN3O/c1-20(2)14-6-4-13(5-7-14)19-10-12-9-11(16(18)21)3-8-15(12)17/h3-9,19H,10H2,1-2H3,(H2,18,21). The smallest absolute Gasteiger partial charge is 0.248 e. The molecule has 1 amide bonds. The van der Waals surface area contributed by atoms with Crippen molar-refractivity contribution in [2.75, 3.05) is 24.3 Å². The third kappa shape index (κ3) is 3.72. The average Bonchev–Trinajstić information content (AvgIpc) is 2.46. The van der Waals surface area contributed by atoms with Gasteiger partial charge in [-0.05, 0) is 42.5 Å². The van der Waals surface area contributed by atoms with E-state index in [4.69, 9.17) is 5.73 Å². The van der Waals surface area contributed by atoms with Crippen molar-refractivity contribution in [3.63, 3.8) is 0 Å². The van der Waals surface area contributed by atoms with Crippen LogP contribution in [0.2, 0.25) is 0 Å². The quantitative estimate of drug-likeness (QED) is 0.888. The fourth-order valence-electron chi connectivity index (χ4n) is 1.94. The van der Waals surface area contributed by atoms with Gasteiger partial charge in [0.15, 0.2) is 0 Å². The SMILES string of the molecule is CN(C)c1ccc(NCc2cc(C(N)=O)ccc2F)cc1. The molecule has 0 unspecified atom stereocenters. The second-order valence-corrected chi connectivity index (χ2v) is 4.97. The highest BCUT2D eigenvalue weighted by Gasteiger charge is 2.07. The Hall–Kier alpha value is -2.56. The van der Waals surface area contributed by atoms with Crippen LogP contribution in [-0.2, 0) is 6.54 Å². The Bertz CT molecular complexity index is 638. The molecule has 0 spiro atoms. The molecule has 0 saturated heterocycles. The molecule has 0 fully saturated rings. The summed E-state index contributed by atoms with van der Waals surface area (Å²) in [5, 5.41) is 3.12. The van der Waals surface area contributed by atoms with Gasteiger partial charge in [0.25, 0.3) is 0 Å². The van der Waals surface area contributed by atoms with E-state index in [0.29, 0.717) is 11.1 Å². The fourth-order valence-corrected chi connectivity index (χ4v) is 1.94. The summed E-state index contributed by atoms with van der Waals surface area (Å²) in [7, 11) is 3.93. The average molecular weight is 287 g/mol. The summed E-state index contributed by atoms with van der Waals surface area (Å²) in [5.74, 6) is -0.927. The number of nitrogens with two attached hydrogens (primary N) is 1. The minimum atomic E-state index is -0.563. The Kier molecular flexibility index (Phi) is 4.42. The maximum absolute atomic E-state index is 13.7. The summed E-state index contributed by atoms with van der Waals surface area (Å²) in [4.78, 5) is 13.1. The van der Waals surface area contributed by atoms with Crippen molar-refractivity contribution in [1.82, 2.24) is 0 Å². The Morgan fingerprint density at radius 1 is 1.19 bits per heavy atom. The van der Waals surface area contributed by atoms with Crippen LogP contribution in [0.5, 0.6) is 0 Å². The number of nitrogens with one attached hydrogen (secondary N) is 1. The molecule has 3 N–H and O–H groups in total. The molecular formula is C16H18FN3O. The van der Waals surface area contributed by atoms with Crippen LogP contribution >= 0.6 is 0 Å². The normalized spacial score (nSPS) is 10.2. The molecular weight excluding hydrogens is 269 g/mol. The van der Waals surface area contributed by atoms with Crippen LogP contribution < -0.4 is 16.0 Å². The molecule has 2 aromatic carbocycles. The molecule has 0 bridgehead atoms. The number of halogens is 1. The van der Waals surface area contributed by atoms with Gasteiger partial charge >= 0.3 is 0 Å². The molecule has 110 valence electrons. The zero-order chi connectivity index (χ0) is 15.4. The van der Waals surface area contributed by atoms with Crippen molar-refractivity contribution in [2.24, 2.45) is 5.73 Å². The first-order chi connectivity index (χ1) is 9.97. The van der Waals surface area contributed by atoms with E-state index in [0.717, 1.165) is 11.4 Å². The number of rotatable bonds is 5. The minimum absolute atomic E-state index is 0.286. The molecule has 0 atom stereocenters. The highest BCUT2D eigenvalue weighted by Crippen LogP contribution is 2.17. The van der Waals surface area contributed by atoms with E-state index < -0.39 is 5.91 Å². The molecule has 0 aliphatic carbocycles. The lowest BCUT2D eigenvalue weighted by Crippen LogP contribution is -2.12. The summed E-state index contributed by atoms with van der Waals surface area (Å²) in [6.07, 6.45) is 0. The number of hydrogen-bond acceptors (Lipinski definition) is 3. The van der Waals surface area contributed by atoms with E-state index in [9.17, 15) is 9.18 Å². The predicted octanol–water partition coefficient (Wildman–Crippen LogP) is 2.60. The third-order valence-electron chi connectivity index (χ3n) is 3.20. The maximum atomic E-state index is 13.7. The number of carbonyl (C=O) groups excluding carboxylic acids is 1. The summed E-state index contributed by atoms with van der Waals surface area (Å²) in [5.41, 5.74) is 7.87. The number of nitrogens with zero attached hydrogens (tertiary/aromatic N) is 1. The van der Waals surface area contributed by atoms with Crippen LogP contribution in [0.15, 0.2) is 42.5 Å². The molecule has 0 aliphatic heterocycles. The van der Waals surface area contributed by atoms with Gasteiger partial charge in [-0.3, -0.25) is 4.79 Å². The highest BCUT2D eigenvalue weighted by molar-refractivity contribution is 5.92.